The van der Waals surface area contributed by atoms with E-state index in [0.717, 1.165) is 19.4 Å². The minimum absolute atomic E-state index is 0.0880. The SMILES string of the molecule is [CH2][C@@H]1CCOC(C)(C)C1. The zero-order chi connectivity index (χ0) is 6.91. The van der Waals surface area contributed by atoms with Crippen LogP contribution in [0.1, 0.15) is 26.7 Å². The fraction of sp³-hybridized carbons (Fsp3) is 0.875. The van der Waals surface area contributed by atoms with Crippen LogP contribution in [0.25, 0.3) is 0 Å². The average Bonchev–Trinajstić information content (AvgIpc) is 1.60. The molecule has 0 spiro atoms. The lowest BCUT2D eigenvalue weighted by Gasteiger charge is -2.33. The summed E-state index contributed by atoms with van der Waals surface area (Å²) < 4.78 is 5.50. The highest BCUT2D eigenvalue weighted by Gasteiger charge is 2.25. The summed E-state index contributed by atoms with van der Waals surface area (Å²) in [5, 5.41) is 0. The van der Waals surface area contributed by atoms with Crippen LogP contribution in [-0.2, 0) is 4.74 Å². The highest BCUT2D eigenvalue weighted by molar-refractivity contribution is 4.79. The van der Waals surface area contributed by atoms with Gasteiger partial charge in [-0.25, -0.2) is 0 Å². The van der Waals surface area contributed by atoms with E-state index in [0.29, 0.717) is 5.92 Å². The first-order valence-corrected chi connectivity index (χ1v) is 3.57. The van der Waals surface area contributed by atoms with Gasteiger partial charge in [0.2, 0.25) is 0 Å². The van der Waals surface area contributed by atoms with Crippen molar-refractivity contribution in [2.45, 2.75) is 32.3 Å². The molecule has 1 heterocycles. The molecule has 9 heavy (non-hydrogen) atoms. The van der Waals surface area contributed by atoms with Gasteiger partial charge in [0.15, 0.2) is 0 Å². The van der Waals surface area contributed by atoms with Gasteiger partial charge < -0.3 is 4.74 Å². The maximum Gasteiger partial charge on any atom is 0.0629 e. The fourth-order valence-corrected chi connectivity index (χ4v) is 1.36. The van der Waals surface area contributed by atoms with E-state index < -0.39 is 0 Å². The molecule has 0 amide bonds. The number of ether oxygens (including phenoxy) is 1. The summed E-state index contributed by atoms with van der Waals surface area (Å²) >= 11 is 0. The lowest BCUT2D eigenvalue weighted by atomic mass is 9.90. The molecular formula is C8H15O. The number of hydrogen-bond donors (Lipinski definition) is 0. The third kappa shape index (κ3) is 1.98. The quantitative estimate of drug-likeness (QED) is 0.483. The van der Waals surface area contributed by atoms with Crippen LogP contribution >= 0.6 is 0 Å². The molecule has 1 aliphatic rings. The van der Waals surface area contributed by atoms with Gasteiger partial charge in [-0.3, -0.25) is 0 Å². The molecule has 0 bridgehead atoms. The van der Waals surface area contributed by atoms with Gasteiger partial charge >= 0.3 is 0 Å². The van der Waals surface area contributed by atoms with Crippen molar-refractivity contribution in [1.82, 2.24) is 0 Å². The van der Waals surface area contributed by atoms with Crippen molar-refractivity contribution >= 4 is 0 Å². The van der Waals surface area contributed by atoms with Gasteiger partial charge in [-0.05, 0) is 39.5 Å². The molecule has 1 saturated heterocycles. The molecule has 1 heteroatoms. The Labute approximate surface area is 57.4 Å². The van der Waals surface area contributed by atoms with E-state index in [9.17, 15) is 0 Å². The van der Waals surface area contributed by atoms with Crippen LogP contribution in [0.2, 0.25) is 0 Å². The molecule has 53 valence electrons. The summed E-state index contributed by atoms with van der Waals surface area (Å²) in [5.41, 5.74) is 0.0880. The van der Waals surface area contributed by atoms with E-state index in [4.69, 9.17) is 4.74 Å². The van der Waals surface area contributed by atoms with Crippen LogP contribution in [0, 0.1) is 12.8 Å². The van der Waals surface area contributed by atoms with Crippen LogP contribution in [-0.4, -0.2) is 12.2 Å². The van der Waals surface area contributed by atoms with E-state index in [1.165, 1.54) is 0 Å². The van der Waals surface area contributed by atoms with Crippen molar-refractivity contribution in [3.63, 3.8) is 0 Å². The standard InChI is InChI=1S/C8H15O/c1-7-4-5-9-8(2,3)6-7/h7H,1,4-6H2,2-3H3/t7-/m1/s1. The number of rotatable bonds is 0. The molecule has 0 unspecified atom stereocenters. The summed E-state index contributed by atoms with van der Waals surface area (Å²) in [7, 11) is 0. The number of hydrogen-bond acceptors (Lipinski definition) is 1. The van der Waals surface area contributed by atoms with Gasteiger partial charge in [0.1, 0.15) is 0 Å². The zero-order valence-corrected chi connectivity index (χ0v) is 6.31. The lowest BCUT2D eigenvalue weighted by Crippen LogP contribution is -2.32. The van der Waals surface area contributed by atoms with E-state index in [1.54, 1.807) is 0 Å². The van der Waals surface area contributed by atoms with Gasteiger partial charge in [-0.1, -0.05) is 0 Å². The minimum atomic E-state index is 0.0880. The van der Waals surface area contributed by atoms with Crippen molar-refractivity contribution in [3.05, 3.63) is 6.92 Å². The first-order valence-electron chi connectivity index (χ1n) is 3.57. The summed E-state index contributed by atoms with van der Waals surface area (Å²) in [4.78, 5) is 0. The molecule has 1 aliphatic heterocycles. The zero-order valence-electron chi connectivity index (χ0n) is 6.31. The van der Waals surface area contributed by atoms with E-state index in [-0.39, 0.29) is 5.60 Å². The molecule has 1 rings (SSSR count). The molecule has 0 aliphatic carbocycles. The van der Waals surface area contributed by atoms with Gasteiger partial charge in [-0.15, -0.1) is 0 Å². The predicted octanol–water partition coefficient (Wildman–Crippen LogP) is 2.03. The van der Waals surface area contributed by atoms with Gasteiger partial charge in [-0.2, -0.15) is 0 Å². The summed E-state index contributed by atoms with van der Waals surface area (Å²) in [6, 6.07) is 0. The smallest absolute Gasteiger partial charge is 0.0629 e. The van der Waals surface area contributed by atoms with Gasteiger partial charge in [0.25, 0.3) is 0 Å². The lowest BCUT2D eigenvalue weighted by molar-refractivity contribution is -0.0649. The molecular weight excluding hydrogens is 112 g/mol. The van der Waals surface area contributed by atoms with Crippen LogP contribution in [0.15, 0.2) is 0 Å². The molecule has 1 nitrogen and oxygen atoms in total. The second-order valence-electron chi connectivity index (χ2n) is 3.47. The monoisotopic (exact) mass is 127 g/mol. The third-order valence-corrected chi connectivity index (χ3v) is 1.80. The second kappa shape index (κ2) is 2.30. The summed E-state index contributed by atoms with van der Waals surface area (Å²) in [6.45, 7) is 9.16. The average molecular weight is 127 g/mol. The topological polar surface area (TPSA) is 9.23 Å². The fourth-order valence-electron chi connectivity index (χ4n) is 1.36. The third-order valence-electron chi connectivity index (χ3n) is 1.80. The Kier molecular flexibility index (Phi) is 1.80. The predicted molar refractivity (Wildman–Crippen MR) is 38.1 cm³/mol. The molecule has 1 radical (unpaired) electrons. The first-order chi connectivity index (χ1) is 4.10. The molecule has 0 saturated carbocycles. The molecule has 0 aromatic carbocycles. The first kappa shape index (κ1) is 7.07. The summed E-state index contributed by atoms with van der Waals surface area (Å²) in [5.74, 6) is 0.605. The van der Waals surface area contributed by atoms with Crippen LogP contribution in [0.3, 0.4) is 0 Å². The largest absolute Gasteiger partial charge is 0.376 e. The molecule has 1 atom stereocenters. The van der Waals surface area contributed by atoms with E-state index in [2.05, 4.69) is 20.8 Å². The van der Waals surface area contributed by atoms with Crippen molar-refractivity contribution in [3.8, 4) is 0 Å². The second-order valence-corrected chi connectivity index (χ2v) is 3.47. The minimum Gasteiger partial charge on any atom is -0.376 e. The maximum atomic E-state index is 5.50. The Bertz CT molecular complexity index is 96.7. The Hall–Kier alpha value is -0.0400. The Morgan fingerprint density at radius 3 is 2.56 bits per heavy atom. The normalized spacial score (nSPS) is 34.3. The Balaban J connectivity index is 2.41. The van der Waals surface area contributed by atoms with Crippen LogP contribution < -0.4 is 0 Å². The maximum absolute atomic E-state index is 5.50. The highest BCUT2D eigenvalue weighted by atomic mass is 16.5. The Morgan fingerprint density at radius 2 is 2.22 bits per heavy atom. The van der Waals surface area contributed by atoms with Crippen LogP contribution in [0.5, 0.6) is 0 Å². The Morgan fingerprint density at radius 1 is 1.56 bits per heavy atom. The molecule has 0 aromatic rings. The van der Waals surface area contributed by atoms with E-state index in [1.807, 2.05) is 0 Å². The van der Waals surface area contributed by atoms with Crippen molar-refractivity contribution in [1.29, 1.82) is 0 Å². The van der Waals surface area contributed by atoms with Crippen molar-refractivity contribution < 1.29 is 4.74 Å². The molecule has 1 fully saturated rings. The van der Waals surface area contributed by atoms with Crippen molar-refractivity contribution in [2.75, 3.05) is 6.61 Å². The van der Waals surface area contributed by atoms with Gasteiger partial charge in [0.05, 0.1) is 5.60 Å². The highest BCUT2D eigenvalue weighted by Crippen LogP contribution is 2.27. The van der Waals surface area contributed by atoms with Gasteiger partial charge in [0, 0.05) is 6.61 Å². The molecule has 0 aromatic heterocycles. The summed E-state index contributed by atoms with van der Waals surface area (Å²) in [6.07, 6.45) is 2.23. The van der Waals surface area contributed by atoms with E-state index >= 15 is 0 Å². The molecule has 0 N–H and O–H groups in total. The van der Waals surface area contributed by atoms with Crippen molar-refractivity contribution in [2.24, 2.45) is 5.92 Å². The van der Waals surface area contributed by atoms with Crippen LogP contribution in [0.4, 0.5) is 0 Å².